The second kappa shape index (κ2) is 8.88. The Morgan fingerprint density at radius 3 is 2.69 bits per heavy atom. The number of hydrogen-bond acceptors (Lipinski definition) is 8. The van der Waals surface area contributed by atoms with Gasteiger partial charge in [-0.05, 0) is 43.7 Å². The Bertz CT molecular complexity index is 1360. The van der Waals surface area contributed by atoms with Crippen LogP contribution < -0.4 is 24.4 Å². The lowest BCUT2D eigenvalue weighted by molar-refractivity contribution is -0.139. The molecule has 1 aliphatic rings. The average molecular weight is 455 g/mol. The van der Waals surface area contributed by atoms with Gasteiger partial charge in [-0.1, -0.05) is 17.4 Å². The van der Waals surface area contributed by atoms with E-state index in [1.54, 1.807) is 63.8 Å². The van der Waals surface area contributed by atoms with E-state index in [2.05, 4.69) is 4.99 Å². The number of carbonyl (C=O) groups excluding carboxylic acids is 1. The first kappa shape index (κ1) is 21.6. The number of hydrogen-bond donors (Lipinski definition) is 0. The van der Waals surface area contributed by atoms with Gasteiger partial charge in [-0.15, -0.1) is 0 Å². The summed E-state index contributed by atoms with van der Waals surface area (Å²) in [5.74, 6) is 0.517. The topological polar surface area (TPSA) is 92.3 Å². The Labute approximate surface area is 187 Å². The summed E-state index contributed by atoms with van der Waals surface area (Å²) < 4.78 is 23.2. The summed E-state index contributed by atoms with van der Waals surface area (Å²) in [6, 6.07) is 6.34. The molecular formula is C23H22N2O6S. The van der Waals surface area contributed by atoms with Crippen molar-refractivity contribution in [3.8, 4) is 11.5 Å². The number of aromatic nitrogens is 1. The van der Waals surface area contributed by atoms with E-state index in [9.17, 15) is 9.59 Å². The maximum atomic E-state index is 13.5. The molecule has 0 N–H and O–H groups in total. The molecule has 3 aromatic rings. The van der Waals surface area contributed by atoms with Crippen molar-refractivity contribution in [3.05, 3.63) is 78.9 Å². The van der Waals surface area contributed by atoms with Gasteiger partial charge >= 0.3 is 5.97 Å². The van der Waals surface area contributed by atoms with Crippen LogP contribution in [0.15, 0.2) is 62.3 Å². The molecule has 0 amide bonds. The SMILES string of the molecule is CCOC(=O)C1=C(C)N=c2s/c(=C/c3ccoc3)c(=O)n2[C@H]1c1ccc(OC)c(OC)c1. The van der Waals surface area contributed by atoms with E-state index in [-0.39, 0.29) is 12.2 Å². The number of nitrogens with zero attached hydrogens (tertiary/aromatic N) is 2. The number of esters is 1. The number of allylic oxidation sites excluding steroid dienone is 1. The van der Waals surface area contributed by atoms with Crippen molar-refractivity contribution < 1.29 is 23.4 Å². The number of ether oxygens (including phenoxy) is 3. The normalized spacial score (nSPS) is 15.9. The third-order valence-electron chi connectivity index (χ3n) is 5.08. The minimum Gasteiger partial charge on any atom is -0.493 e. The smallest absolute Gasteiger partial charge is 0.338 e. The zero-order valence-corrected chi connectivity index (χ0v) is 18.9. The molecule has 1 atom stereocenters. The second-order valence-corrected chi connectivity index (χ2v) is 7.98. The van der Waals surface area contributed by atoms with Gasteiger partial charge in [0.25, 0.3) is 5.56 Å². The van der Waals surface area contributed by atoms with Crippen molar-refractivity contribution in [1.82, 2.24) is 4.57 Å². The molecule has 0 saturated carbocycles. The zero-order valence-electron chi connectivity index (χ0n) is 18.1. The highest BCUT2D eigenvalue weighted by Crippen LogP contribution is 2.36. The summed E-state index contributed by atoms with van der Waals surface area (Å²) in [5.41, 5.74) is 1.99. The van der Waals surface area contributed by atoms with Gasteiger partial charge in [-0.25, -0.2) is 9.79 Å². The molecule has 8 nitrogen and oxygen atoms in total. The van der Waals surface area contributed by atoms with Crippen LogP contribution in [0.25, 0.3) is 6.08 Å². The number of rotatable bonds is 6. The number of fused-ring (bicyclic) bond motifs is 1. The van der Waals surface area contributed by atoms with Crippen molar-refractivity contribution in [2.75, 3.05) is 20.8 Å². The van der Waals surface area contributed by atoms with E-state index in [0.29, 0.717) is 37.7 Å². The van der Waals surface area contributed by atoms with Gasteiger partial charge < -0.3 is 18.6 Å². The molecule has 0 fully saturated rings. The Morgan fingerprint density at radius 2 is 2.03 bits per heavy atom. The lowest BCUT2D eigenvalue weighted by atomic mass is 9.95. The van der Waals surface area contributed by atoms with E-state index >= 15 is 0 Å². The van der Waals surface area contributed by atoms with E-state index in [0.717, 1.165) is 5.56 Å². The van der Waals surface area contributed by atoms with E-state index < -0.39 is 12.0 Å². The number of benzene rings is 1. The average Bonchev–Trinajstić information content (AvgIpc) is 3.40. The minimum absolute atomic E-state index is 0.208. The molecular weight excluding hydrogens is 432 g/mol. The fourth-order valence-corrected chi connectivity index (χ4v) is 4.68. The molecule has 9 heteroatoms. The van der Waals surface area contributed by atoms with Crippen LogP contribution >= 0.6 is 11.3 Å². The molecule has 1 aromatic carbocycles. The quantitative estimate of drug-likeness (QED) is 0.531. The Hall–Kier alpha value is -3.59. The molecule has 3 heterocycles. The van der Waals surface area contributed by atoms with Gasteiger partial charge in [0.05, 0.1) is 55.2 Å². The predicted octanol–water partition coefficient (Wildman–Crippen LogP) is 2.41. The first-order valence-electron chi connectivity index (χ1n) is 9.92. The Balaban J connectivity index is 1.98. The molecule has 4 rings (SSSR count). The monoisotopic (exact) mass is 454 g/mol. The second-order valence-electron chi connectivity index (χ2n) is 6.97. The number of methoxy groups -OCH3 is 2. The van der Waals surface area contributed by atoms with Crippen molar-refractivity contribution in [2.24, 2.45) is 4.99 Å². The summed E-state index contributed by atoms with van der Waals surface area (Å²) in [4.78, 5) is 31.4. The maximum absolute atomic E-state index is 13.5. The number of thiazole rings is 1. The van der Waals surface area contributed by atoms with E-state index in [1.807, 2.05) is 0 Å². The Morgan fingerprint density at radius 1 is 1.25 bits per heavy atom. The molecule has 0 saturated heterocycles. The molecule has 2 aromatic heterocycles. The maximum Gasteiger partial charge on any atom is 0.338 e. The predicted molar refractivity (Wildman–Crippen MR) is 119 cm³/mol. The van der Waals surface area contributed by atoms with Crippen molar-refractivity contribution in [2.45, 2.75) is 19.9 Å². The number of furan rings is 1. The molecule has 0 bridgehead atoms. The van der Waals surface area contributed by atoms with Gasteiger partial charge in [0.1, 0.15) is 0 Å². The highest BCUT2D eigenvalue weighted by Gasteiger charge is 2.33. The molecule has 0 spiro atoms. The van der Waals surface area contributed by atoms with Crippen molar-refractivity contribution in [1.29, 1.82) is 0 Å². The highest BCUT2D eigenvalue weighted by molar-refractivity contribution is 7.07. The molecule has 0 unspecified atom stereocenters. The summed E-state index contributed by atoms with van der Waals surface area (Å²) in [6.07, 6.45) is 4.83. The zero-order chi connectivity index (χ0) is 22.8. The summed E-state index contributed by atoms with van der Waals surface area (Å²) in [5, 5.41) is 0. The standard InChI is InChI=1S/C23H22N2O6S/c1-5-31-22(27)19-13(2)24-23-25(21(26)18(32-23)10-14-8-9-30-12-14)20(19)15-6-7-16(28-3)17(11-15)29-4/h6-12,20H,5H2,1-4H3/b18-10+/t20-/m0/s1. The van der Waals surface area contributed by atoms with Crippen LogP contribution in [-0.4, -0.2) is 31.4 Å². The van der Waals surface area contributed by atoms with Crippen LogP contribution in [0.1, 0.15) is 31.0 Å². The largest absolute Gasteiger partial charge is 0.493 e. The van der Waals surface area contributed by atoms with Crippen LogP contribution in [0.2, 0.25) is 0 Å². The third-order valence-corrected chi connectivity index (χ3v) is 6.06. The van der Waals surface area contributed by atoms with Crippen LogP contribution in [0.5, 0.6) is 11.5 Å². The Kier molecular flexibility index (Phi) is 6.00. The summed E-state index contributed by atoms with van der Waals surface area (Å²) in [7, 11) is 3.08. The lowest BCUT2D eigenvalue weighted by Crippen LogP contribution is -2.39. The molecule has 0 radical (unpaired) electrons. The van der Waals surface area contributed by atoms with Crippen LogP contribution in [-0.2, 0) is 9.53 Å². The molecule has 32 heavy (non-hydrogen) atoms. The molecule has 1 aliphatic heterocycles. The van der Waals surface area contributed by atoms with Gasteiger partial charge in [0.2, 0.25) is 0 Å². The third kappa shape index (κ3) is 3.75. The van der Waals surface area contributed by atoms with E-state index in [4.69, 9.17) is 18.6 Å². The van der Waals surface area contributed by atoms with Crippen molar-refractivity contribution >= 4 is 23.4 Å². The first-order valence-corrected chi connectivity index (χ1v) is 10.7. The van der Waals surface area contributed by atoms with Gasteiger partial charge in [-0.3, -0.25) is 9.36 Å². The highest BCUT2D eigenvalue weighted by atomic mass is 32.1. The van der Waals surface area contributed by atoms with Crippen LogP contribution in [0, 0.1) is 0 Å². The van der Waals surface area contributed by atoms with Gasteiger partial charge in [0, 0.05) is 5.56 Å². The minimum atomic E-state index is -0.725. The fourth-order valence-electron chi connectivity index (χ4n) is 3.64. The van der Waals surface area contributed by atoms with Crippen molar-refractivity contribution in [3.63, 3.8) is 0 Å². The summed E-state index contributed by atoms with van der Waals surface area (Å²) >= 11 is 1.25. The van der Waals surface area contributed by atoms with Crippen LogP contribution in [0.4, 0.5) is 0 Å². The van der Waals surface area contributed by atoms with Gasteiger partial charge in [-0.2, -0.15) is 0 Å². The molecule has 166 valence electrons. The molecule has 0 aliphatic carbocycles. The summed E-state index contributed by atoms with van der Waals surface area (Å²) in [6.45, 7) is 3.69. The fraction of sp³-hybridized carbons (Fsp3) is 0.261. The lowest BCUT2D eigenvalue weighted by Gasteiger charge is -2.25. The van der Waals surface area contributed by atoms with Crippen LogP contribution in [0.3, 0.4) is 0 Å². The number of carbonyl (C=O) groups is 1. The first-order chi connectivity index (χ1) is 15.5. The van der Waals surface area contributed by atoms with E-state index in [1.165, 1.54) is 23.0 Å². The van der Waals surface area contributed by atoms with Gasteiger partial charge in [0.15, 0.2) is 16.3 Å².